The second-order valence-corrected chi connectivity index (χ2v) is 2.56. The summed E-state index contributed by atoms with van der Waals surface area (Å²) in [5.41, 5.74) is 0. The third-order valence-corrected chi connectivity index (χ3v) is 1.32. The van der Waals surface area contributed by atoms with Crippen LogP contribution in [0.5, 0.6) is 0 Å². The summed E-state index contributed by atoms with van der Waals surface area (Å²) in [5, 5.41) is 2.05. The Bertz CT molecular complexity index is 176. The number of hydrogen-bond donors (Lipinski definition) is 1. The zero-order valence-corrected chi connectivity index (χ0v) is 5.88. The lowest BCUT2D eigenvalue weighted by Crippen LogP contribution is -2.27. The lowest BCUT2D eigenvalue weighted by molar-refractivity contribution is -0.124. The van der Waals surface area contributed by atoms with Gasteiger partial charge in [0.1, 0.15) is 0 Å². The zero-order valence-electron chi connectivity index (χ0n) is 5.88. The molecule has 0 aromatic rings. The van der Waals surface area contributed by atoms with Crippen LogP contribution < -0.4 is 5.32 Å². The van der Waals surface area contributed by atoms with Crippen molar-refractivity contribution < 1.29 is 14.3 Å². The molecular formula is C6H9NO3. The van der Waals surface area contributed by atoms with Crippen molar-refractivity contribution >= 4 is 12.0 Å². The first kappa shape index (κ1) is 7.05. The van der Waals surface area contributed by atoms with Gasteiger partial charge in [-0.1, -0.05) is 13.8 Å². The highest BCUT2D eigenvalue weighted by molar-refractivity contribution is 6.00. The molecule has 1 aliphatic heterocycles. The van der Waals surface area contributed by atoms with E-state index < -0.39 is 12.2 Å². The van der Waals surface area contributed by atoms with E-state index in [-0.39, 0.29) is 11.8 Å². The highest BCUT2D eigenvalue weighted by atomic mass is 16.6. The van der Waals surface area contributed by atoms with E-state index in [1.165, 1.54) is 0 Å². The predicted molar refractivity (Wildman–Crippen MR) is 33.2 cm³/mol. The molecule has 4 nitrogen and oxygen atoms in total. The normalized spacial score (nSPS) is 24.9. The zero-order chi connectivity index (χ0) is 7.72. The van der Waals surface area contributed by atoms with Crippen molar-refractivity contribution in [3.05, 3.63) is 0 Å². The molecule has 1 atom stereocenters. The Morgan fingerprint density at radius 2 is 2.10 bits per heavy atom. The number of rotatable bonds is 1. The minimum Gasteiger partial charge on any atom is -0.436 e. The maximum absolute atomic E-state index is 10.8. The number of amides is 2. The summed E-state index contributed by atoms with van der Waals surface area (Å²) >= 11 is 0. The number of hydrogen-bond acceptors (Lipinski definition) is 3. The fourth-order valence-corrected chi connectivity index (χ4v) is 0.809. The van der Waals surface area contributed by atoms with Crippen LogP contribution in [0, 0.1) is 5.92 Å². The number of carbonyl (C=O) groups excluding carboxylic acids is 2. The fraction of sp³-hybridized carbons (Fsp3) is 0.667. The van der Waals surface area contributed by atoms with Gasteiger partial charge in [-0.2, -0.15) is 0 Å². The Balaban J connectivity index is 2.63. The van der Waals surface area contributed by atoms with Gasteiger partial charge in [-0.05, 0) is 5.92 Å². The maximum Gasteiger partial charge on any atom is 0.414 e. The van der Waals surface area contributed by atoms with Crippen LogP contribution in [-0.2, 0) is 9.53 Å². The average Bonchev–Trinajstić information content (AvgIpc) is 2.10. The van der Waals surface area contributed by atoms with E-state index in [2.05, 4.69) is 4.74 Å². The number of ether oxygens (including phenoxy) is 1. The highest BCUT2D eigenvalue weighted by Crippen LogP contribution is 2.11. The molecule has 0 aliphatic carbocycles. The van der Waals surface area contributed by atoms with E-state index in [0.29, 0.717) is 0 Å². The SMILES string of the molecule is CC(C)[C@@H]1OC(=O)NC1=O. The summed E-state index contributed by atoms with van der Waals surface area (Å²) in [6.45, 7) is 3.64. The molecule has 1 aliphatic rings. The molecule has 1 rings (SSSR count). The van der Waals surface area contributed by atoms with Gasteiger partial charge in [-0.15, -0.1) is 0 Å². The Morgan fingerprint density at radius 1 is 1.50 bits per heavy atom. The second kappa shape index (κ2) is 2.28. The minimum absolute atomic E-state index is 0.0476. The van der Waals surface area contributed by atoms with Crippen molar-refractivity contribution in [2.75, 3.05) is 0 Å². The van der Waals surface area contributed by atoms with Crippen LogP contribution >= 0.6 is 0 Å². The molecule has 56 valence electrons. The summed E-state index contributed by atoms with van der Waals surface area (Å²) in [4.78, 5) is 21.2. The van der Waals surface area contributed by atoms with Gasteiger partial charge in [-0.3, -0.25) is 10.1 Å². The smallest absolute Gasteiger partial charge is 0.414 e. The Hall–Kier alpha value is -1.06. The van der Waals surface area contributed by atoms with Gasteiger partial charge < -0.3 is 4.74 Å². The molecule has 0 saturated carbocycles. The van der Waals surface area contributed by atoms with Crippen LogP contribution in [0.25, 0.3) is 0 Å². The van der Waals surface area contributed by atoms with E-state index >= 15 is 0 Å². The van der Waals surface area contributed by atoms with Gasteiger partial charge in [0.05, 0.1) is 0 Å². The van der Waals surface area contributed by atoms with Crippen molar-refractivity contribution in [1.82, 2.24) is 5.32 Å². The van der Waals surface area contributed by atoms with Gasteiger partial charge in [0.2, 0.25) is 0 Å². The molecule has 0 bridgehead atoms. The number of nitrogens with one attached hydrogen (secondary N) is 1. The molecule has 4 heteroatoms. The Morgan fingerprint density at radius 3 is 2.30 bits per heavy atom. The van der Waals surface area contributed by atoms with E-state index in [1.54, 1.807) is 0 Å². The predicted octanol–water partition coefficient (Wildman–Crippen LogP) is 0.277. The van der Waals surface area contributed by atoms with E-state index in [4.69, 9.17) is 0 Å². The third-order valence-electron chi connectivity index (χ3n) is 1.32. The molecule has 0 aromatic carbocycles. The van der Waals surface area contributed by atoms with Gasteiger partial charge in [-0.25, -0.2) is 4.79 Å². The fourth-order valence-electron chi connectivity index (χ4n) is 0.809. The van der Waals surface area contributed by atoms with E-state index in [0.717, 1.165) is 0 Å². The van der Waals surface area contributed by atoms with Crippen LogP contribution in [0.2, 0.25) is 0 Å². The average molecular weight is 143 g/mol. The van der Waals surface area contributed by atoms with E-state index in [9.17, 15) is 9.59 Å². The molecule has 0 spiro atoms. The standard InChI is InChI=1S/C6H9NO3/c1-3(2)4-5(8)7-6(9)10-4/h3-4H,1-2H3,(H,7,8,9)/t4-/m0/s1. The quantitative estimate of drug-likeness (QED) is 0.573. The number of alkyl carbamates (subject to hydrolysis) is 1. The summed E-state index contributed by atoms with van der Waals surface area (Å²) in [6, 6.07) is 0. The summed E-state index contributed by atoms with van der Waals surface area (Å²) in [7, 11) is 0. The molecule has 10 heavy (non-hydrogen) atoms. The highest BCUT2D eigenvalue weighted by Gasteiger charge is 2.34. The molecule has 1 saturated heterocycles. The first-order chi connectivity index (χ1) is 4.61. The first-order valence-corrected chi connectivity index (χ1v) is 3.12. The summed E-state index contributed by atoms with van der Waals surface area (Å²) in [6.07, 6.45) is -1.23. The van der Waals surface area contributed by atoms with Gasteiger partial charge in [0.15, 0.2) is 6.10 Å². The Labute approximate surface area is 58.5 Å². The van der Waals surface area contributed by atoms with E-state index in [1.807, 2.05) is 19.2 Å². The van der Waals surface area contributed by atoms with Crippen LogP contribution in [0.3, 0.4) is 0 Å². The number of imide groups is 1. The molecule has 1 fully saturated rings. The van der Waals surface area contributed by atoms with Gasteiger partial charge in [0, 0.05) is 0 Å². The number of carbonyl (C=O) groups is 2. The largest absolute Gasteiger partial charge is 0.436 e. The van der Waals surface area contributed by atoms with Crippen molar-refractivity contribution in [2.24, 2.45) is 5.92 Å². The molecule has 0 aromatic heterocycles. The minimum atomic E-state index is -0.635. The summed E-state index contributed by atoms with van der Waals surface area (Å²) < 4.78 is 4.64. The van der Waals surface area contributed by atoms with Gasteiger partial charge in [0.25, 0.3) is 5.91 Å². The number of cyclic esters (lactones) is 1. The van der Waals surface area contributed by atoms with Gasteiger partial charge >= 0.3 is 6.09 Å². The topological polar surface area (TPSA) is 55.4 Å². The summed E-state index contributed by atoms with van der Waals surface area (Å²) in [5.74, 6) is -0.286. The molecule has 2 amide bonds. The van der Waals surface area contributed by atoms with Crippen molar-refractivity contribution in [2.45, 2.75) is 20.0 Å². The van der Waals surface area contributed by atoms with Crippen LogP contribution in [0.1, 0.15) is 13.8 Å². The molecule has 0 radical (unpaired) electrons. The van der Waals surface area contributed by atoms with Crippen molar-refractivity contribution in [3.8, 4) is 0 Å². The molecule has 1 heterocycles. The lowest BCUT2D eigenvalue weighted by Gasteiger charge is -2.08. The first-order valence-electron chi connectivity index (χ1n) is 3.12. The van der Waals surface area contributed by atoms with Crippen molar-refractivity contribution in [3.63, 3.8) is 0 Å². The Kier molecular flexibility index (Phi) is 1.61. The third kappa shape index (κ3) is 1.10. The van der Waals surface area contributed by atoms with Crippen LogP contribution in [-0.4, -0.2) is 18.1 Å². The molecular weight excluding hydrogens is 134 g/mol. The van der Waals surface area contributed by atoms with Crippen molar-refractivity contribution in [1.29, 1.82) is 0 Å². The molecule has 0 unspecified atom stereocenters. The maximum atomic E-state index is 10.8. The molecule has 1 N–H and O–H groups in total. The van der Waals surface area contributed by atoms with Crippen LogP contribution in [0.4, 0.5) is 4.79 Å². The second-order valence-electron chi connectivity index (χ2n) is 2.56. The van der Waals surface area contributed by atoms with Crippen LogP contribution in [0.15, 0.2) is 0 Å². The lowest BCUT2D eigenvalue weighted by atomic mass is 10.1. The monoisotopic (exact) mass is 143 g/mol.